The van der Waals surface area contributed by atoms with Gasteiger partial charge in [-0.1, -0.05) is 36.8 Å². The lowest BCUT2D eigenvalue weighted by molar-refractivity contribution is -0.124. The number of carbonyl (C=O) groups is 1. The standard InChI is InChI=1S/C20H21N3OS/c1-2-14-9-10-17-18(12-14)25-20(22-17)23(19(24)15-6-5-7-15)13-16-8-3-4-11-21-16/h3-4,8-12,15H,2,5-7,13H2,1H3. The summed E-state index contributed by atoms with van der Waals surface area (Å²) >= 11 is 1.60. The molecule has 5 heteroatoms. The van der Waals surface area contributed by atoms with Crippen molar-refractivity contribution in [1.29, 1.82) is 0 Å². The molecule has 128 valence electrons. The van der Waals surface area contributed by atoms with E-state index in [1.165, 1.54) is 5.56 Å². The van der Waals surface area contributed by atoms with Crippen LogP contribution in [0.2, 0.25) is 0 Å². The average Bonchev–Trinajstić information content (AvgIpc) is 3.01. The van der Waals surface area contributed by atoms with Gasteiger partial charge >= 0.3 is 0 Å². The number of amides is 1. The van der Waals surface area contributed by atoms with Crippen LogP contribution in [0.15, 0.2) is 42.6 Å². The van der Waals surface area contributed by atoms with Crippen molar-refractivity contribution in [1.82, 2.24) is 9.97 Å². The zero-order valence-electron chi connectivity index (χ0n) is 14.3. The summed E-state index contributed by atoms with van der Waals surface area (Å²) in [5.74, 6) is 0.327. The number of rotatable bonds is 5. The first-order valence-corrected chi connectivity index (χ1v) is 9.67. The van der Waals surface area contributed by atoms with Gasteiger partial charge in [-0.3, -0.25) is 14.7 Å². The molecular weight excluding hydrogens is 330 g/mol. The molecule has 1 aliphatic rings. The molecule has 1 fully saturated rings. The highest BCUT2D eigenvalue weighted by Gasteiger charge is 2.31. The molecule has 1 amide bonds. The average molecular weight is 351 g/mol. The highest BCUT2D eigenvalue weighted by molar-refractivity contribution is 7.22. The van der Waals surface area contributed by atoms with Crippen LogP contribution in [0.1, 0.15) is 37.4 Å². The third kappa shape index (κ3) is 3.29. The molecule has 0 unspecified atom stereocenters. The van der Waals surface area contributed by atoms with Crippen molar-refractivity contribution in [2.75, 3.05) is 4.90 Å². The largest absolute Gasteiger partial charge is 0.282 e. The Hall–Kier alpha value is -2.27. The molecule has 25 heavy (non-hydrogen) atoms. The van der Waals surface area contributed by atoms with E-state index in [0.29, 0.717) is 6.54 Å². The van der Waals surface area contributed by atoms with Gasteiger partial charge in [0.25, 0.3) is 0 Å². The highest BCUT2D eigenvalue weighted by Crippen LogP contribution is 2.35. The first-order chi connectivity index (χ1) is 12.2. The van der Waals surface area contributed by atoms with Gasteiger partial charge in [-0.25, -0.2) is 4.98 Å². The quantitative estimate of drug-likeness (QED) is 0.675. The third-order valence-electron chi connectivity index (χ3n) is 4.85. The molecule has 0 N–H and O–H groups in total. The Kier molecular flexibility index (Phi) is 4.49. The Morgan fingerprint density at radius 2 is 2.16 bits per heavy atom. The van der Waals surface area contributed by atoms with Gasteiger partial charge in [-0.2, -0.15) is 0 Å². The number of hydrogen-bond acceptors (Lipinski definition) is 4. The van der Waals surface area contributed by atoms with Gasteiger partial charge in [0.15, 0.2) is 5.13 Å². The van der Waals surface area contributed by atoms with E-state index in [1.54, 1.807) is 17.5 Å². The monoisotopic (exact) mass is 351 g/mol. The molecule has 4 nitrogen and oxygen atoms in total. The van der Waals surface area contributed by atoms with Crippen LogP contribution in [0.25, 0.3) is 10.2 Å². The van der Waals surface area contributed by atoms with Crippen LogP contribution in [0.5, 0.6) is 0 Å². The number of thiazole rings is 1. The van der Waals surface area contributed by atoms with E-state index in [1.807, 2.05) is 23.1 Å². The molecule has 2 heterocycles. The number of pyridine rings is 1. The number of hydrogen-bond donors (Lipinski definition) is 0. The normalized spacial score (nSPS) is 14.4. The number of aromatic nitrogens is 2. The minimum atomic E-state index is 0.141. The molecule has 2 aromatic heterocycles. The van der Waals surface area contributed by atoms with Gasteiger partial charge in [0.1, 0.15) is 0 Å². The van der Waals surface area contributed by atoms with Crippen molar-refractivity contribution >= 4 is 32.6 Å². The first-order valence-electron chi connectivity index (χ1n) is 8.85. The second-order valence-electron chi connectivity index (χ2n) is 6.53. The predicted molar refractivity (Wildman–Crippen MR) is 102 cm³/mol. The minimum Gasteiger partial charge on any atom is -0.282 e. The number of fused-ring (bicyclic) bond motifs is 1. The zero-order chi connectivity index (χ0) is 17.2. The Bertz CT molecular complexity index is 886. The Morgan fingerprint density at radius 3 is 2.84 bits per heavy atom. The molecule has 1 aromatic carbocycles. The highest BCUT2D eigenvalue weighted by atomic mass is 32.1. The molecule has 1 saturated carbocycles. The molecule has 4 rings (SSSR count). The van der Waals surface area contributed by atoms with Gasteiger partial charge in [0.2, 0.25) is 5.91 Å². The van der Waals surface area contributed by atoms with E-state index >= 15 is 0 Å². The van der Waals surface area contributed by atoms with Gasteiger partial charge in [-0.05, 0) is 49.1 Å². The summed E-state index contributed by atoms with van der Waals surface area (Å²) in [4.78, 5) is 24.0. The molecule has 0 saturated heterocycles. The summed E-state index contributed by atoms with van der Waals surface area (Å²) in [5.41, 5.74) is 3.15. The van der Waals surface area contributed by atoms with Crippen LogP contribution in [0.4, 0.5) is 5.13 Å². The topological polar surface area (TPSA) is 46.1 Å². The molecule has 1 aliphatic carbocycles. The smallest absolute Gasteiger partial charge is 0.232 e. The van der Waals surface area contributed by atoms with Crippen LogP contribution >= 0.6 is 11.3 Å². The van der Waals surface area contributed by atoms with Crippen LogP contribution in [-0.4, -0.2) is 15.9 Å². The van der Waals surface area contributed by atoms with E-state index < -0.39 is 0 Å². The summed E-state index contributed by atoms with van der Waals surface area (Å²) in [7, 11) is 0. The van der Waals surface area contributed by atoms with Gasteiger partial charge in [-0.15, -0.1) is 0 Å². The van der Waals surface area contributed by atoms with Crippen LogP contribution in [0.3, 0.4) is 0 Å². The summed E-state index contributed by atoms with van der Waals surface area (Å²) in [6, 6.07) is 12.2. The first kappa shape index (κ1) is 16.2. The van der Waals surface area contributed by atoms with E-state index in [2.05, 4.69) is 30.1 Å². The third-order valence-corrected chi connectivity index (χ3v) is 5.89. The fourth-order valence-electron chi connectivity index (χ4n) is 3.06. The summed E-state index contributed by atoms with van der Waals surface area (Å²) in [5, 5.41) is 0.783. The Balaban J connectivity index is 1.70. The molecule has 0 bridgehead atoms. The van der Waals surface area contributed by atoms with Crippen molar-refractivity contribution in [2.45, 2.75) is 39.2 Å². The minimum absolute atomic E-state index is 0.141. The SMILES string of the molecule is CCc1ccc2nc(N(Cc3ccccn3)C(=O)C3CCC3)sc2c1. The predicted octanol–water partition coefficient (Wildman–Crippen LogP) is 4.59. The lowest BCUT2D eigenvalue weighted by Gasteiger charge is -2.30. The van der Waals surface area contributed by atoms with Gasteiger partial charge in [0.05, 0.1) is 22.5 Å². The lowest BCUT2D eigenvalue weighted by atomic mass is 9.84. The molecule has 0 aliphatic heterocycles. The van der Waals surface area contributed by atoms with Crippen molar-refractivity contribution in [2.24, 2.45) is 5.92 Å². The second-order valence-corrected chi connectivity index (χ2v) is 7.53. The second kappa shape index (κ2) is 6.92. The molecule has 0 radical (unpaired) electrons. The summed E-state index contributed by atoms with van der Waals surface area (Å²) < 4.78 is 1.14. The van der Waals surface area contributed by atoms with E-state index in [0.717, 1.165) is 46.7 Å². The molecular formula is C20H21N3OS. The fraction of sp³-hybridized carbons (Fsp3) is 0.350. The number of aryl methyl sites for hydroxylation is 1. The maximum absolute atomic E-state index is 13.0. The van der Waals surface area contributed by atoms with E-state index in [-0.39, 0.29) is 11.8 Å². The Morgan fingerprint density at radius 1 is 1.28 bits per heavy atom. The van der Waals surface area contributed by atoms with Crippen molar-refractivity contribution < 1.29 is 4.79 Å². The molecule has 3 aromatic rings. The summed E-state index contributed by atoms with van der Waals surface area (Å²) in [6.45, 7) is 2.63. The molecule has 0 spiro atoms. The molecule has 0 atom stereocenters. The lowest BCUT2D eigenvalue weighted by Crippen LogP contribution is -2.38. The van der Waals surface area contributed by atoms with Crippen LogP contribution < -0.4 is 4.90 Å². The van der Waals surface area contributed by atoms with Crippen LogP contribution in [-0.2, 0) is 17.8 Å². The zero-order valence-corrected chi connectivity index (χ0v) is 15.1. The van der Waals surface area contributed by atoms with Crippen LogP contribution in [0, 0.1) is 5.92 Å². The number of nitrogens with zero attached hydrogens (tertiary/aromatic N) is 3. The maximum atomic E-state index is 13.0. The number of benzene rings is 1. The van der Waals surface area contributed by atoms with E-state index in [9.17, 15) is 4.79 Å². The maximum Gasteiger partial charge on any atom is 0.232 e. The number of carbonyl (C=O) groups excluding carboxylic acids is 1. The number of anilines is 1. The van der Waals surface area contributed by atoms with E-state index in [4.69, 9.17) is 4.98 Å². The van der Waals surface area contributed by atoms with Crippen molar-refractivity contribution in [3.05, 3.63) is 53.9 Å². The van der Waals surface area contributed by atoms with Gasteiger partial charge in [0, 0.05) is 12.1 Å². The summed E-state index contributed by atoms with van der Waals surface area (Å²) in [6.07, 6.45) is 5.90. The van der Waals surface area contributed by atoms with Crippen molar-refractivity contribution in [3.8, 4) is 0 Å². The van der Waals surface area contributed by atoms with Gasteiger partial charge < -0.3 is 0 Å². The fourth-order valence-corrected chi connectivity index (χ4v) is 4.10. The van der Waals surface area contributed by atoms with Crippen molar-refractivity contribution in [3.63, 3.8) is 0 Å². The Labute approximate surface area is 151 Å².